The molecule has 0 saturated carbocycles. The van der Waals surface area contributed by atoms with Crippen LogP contribution >= 0.6 is 0 Å². The van der Waals surface area contributed by atoms with Crippen LogP contribution in [-0.2, 0) is 41.9 Å². The van der Waals surface area contributed by atoms with Crippen molar-refractivity contribution in [3.8, 4) is 11.5 Å². The number of benzene rings is 1. The van der Waals surface area contributed by atoms with Crippen molar-refractivity contribution < 1.29 is 38.1 Å². The normalized spacial score (nSPS) is 9.83. The summed E-state index contributed by atoms with van der Waals surface area (Å²) in [5.74, 6) is -2.50. The lowest BCUT2D eigenvalue weighted by Gasteiger charge is -2.17. The molecule has 0 aliphatic carbocycles. The van der Waals surface area contributed by atoms with Gasteiger partial charge >= 0.3 is 23.9 Å². The standard InChI is InChI=1S/C16H18O8/c1-9(17)21-7-13-5-6-14(8-22-10(2)18)16(24-12(4)20)15(13)23-11(3)19/h5-6H,7-8H2,1-4H3. The van der Waals surface area contributed by atoms with Crippen LogP contribution in [0.4, 0.5) is 0 Å². The summed E-state index contributed by atoms with van der Waals surface area (Å²) in [6.07, 6.45) is 0. The van der Waals surface area contributed by atoms with E-state index in [9.17, 15) is 19.2 Å². The first-order valence-corrected chi connectivity index (χ1v) is 6.99. The van der Waals surface area contributed by atoms with Crippen molar-refractivity contribution in [2.75, 3.05) is 0 Å². The van der Waals surface area contributed by atoms with Crippen molar-refractivity contribution in [3.05, 3.63) is 23.3 Å². The van der Waals surface area contributed by atoms with Gasteiger partial charge in [-0.25, -0.2) is 0 Å². The van der Waals surface area contributed by atoms with Gasteiger partial charge in [0.05, 0.1) is 0 Å². The second kappa shape index (κ2) is 8.66. The van der Waals surface area contributed by atoms with E-state index in [2.05, 4.69) is 0 Å². The van der Waals surface area contributed by atoms with Crippen molar-refractivity contribution in [2.24, 2.45) is 0 Å². The molecule has 0 aliphatic rings. The fourth-order valence-electron chi connectivity index (χ4n) is 1.74. The average Bonchev–Trinajstić information content (AvgIpc) is 2.45. The largest absolute Gasteiger partial charge is 0.461 e. The smallest absolute Gasteiger partial charge is 0.308 e. The lowest BCUT2D eigenvalue weighted by molar-refractivity contribution is -0.143. The summed E-state index contributed by atoms with van der Waals surface area (Å²) in [6.45, 7) is 4.44. The van der Waals surface area contributed by atoms with Gasteiger partial charge < -0.3 is 18.9 Å². The van der Waals surface area contributed by atoms with Crippen LogP contribution < -0.4 is 9.47 Å². The van der Waals surface area contributed by atoms with Crippen molar-refractivity contribution in [2.45, 2.75) is 40.9 Å². The summed E-state index contributed by atoms with van der Waals surface area (Å²) in [7, 11) is 0. The molecule has 0 amide bonds. The van der Waals surface area contributed by atoms with Crippen LogP contribution in [0.25, 0.3) is 0 Å². The Morgan fingerprint density at radius 2 is 1.00 bits per heavy atom. The molecular formula is C16H18O8. The molecule has 1 aromatic rings. The highest BCUT2D eigenvalue weighted by Gasteiger charge is 2.21. The Hall–Kier alpha value is -2.90. The fourth-order valence-corrected chi connectivity index (χ4v) is 1.74. The molecule has 0 aromatic heterocycles. The SMILES string of the molecule is CC(=O)OCc1ccc(COC(C)=O)c(OC(C)=O)c1OC(C)=O. The molecule has 0 spiro atoms. The second-order valence-corrected chi connectivity index (χ2v) is 4.79. The molecule has 130 valence electrons. The van der Waals surface area contributed by atoms with Gasteiger partial charge in [-0.1, -0.05) is 12.1 Å². The lowest BCUT2D eigenvalue weighted by Crippen LogP contribution is -2.13. The minimum absolute atomic E-state index is 0.0661. The summed E-state index contributed by atoms with van der Waals surface area (Å²) in [5.41, 5.74) is 0.645. The zero-order valence-corrected chi connectivity index (χ0v) is 13.8. The van der Waals surface area contributed by atoms with Gasteiger partial charge in [0, 0.05) is 38.8 Å². The van der Waals surface area contributed by atoms with Crippen LogP contribution in [-0.4, -0.2) is 23.9 Å². The molecule has 0 bridgehead atoms. The lowest BCUT2D eigenvalue weighted by atomic mass is 10.1. The van der Waals surface area contributed by atoms with E-state index >= 15 is 0 Å². The Bertz CT molecular complexity index is 605. The maximum absolute atomic E-state index is 11.4. The van der Waals surface area contributed by atoms with Gasteiger partial charge in [0.2, 0.25) is 0 Å². The molecule has 0 fully saturated rings. The minimum atomic E-state index is -0.655. The Morgan fingerprint density at radius 1 is 0.667 bits per heavy atom. The first kappa shape index (κ1) is 19.1. The first-order chi connectivity index (χ1) is 11.2. The Morgan fingerprint density at radius 3 is 1.25 bits per heavy atom. The van der Waals surface area contributed by atoms with Gasteiger partial charge in [-0.2, -0.15) is 0 Å². The van der Waals surface area contributed by atoms with Gasteiger partial charge in [-0.3, -0.25) is 19.2 Å². The molecule has 8 heteroatoms. The van der Waals surface area contributed by atoms with E-state index < -0.39 is 23.9 Å². The highest BCUT2D eigenvalue weighted by Crippen LogP contribution is 2.36. The third kappa shape index (κ3) is 6.07. The van der Waals surface area contributed by atoms with Crippen LogP contribution in [0.2, 0.25) is 0 Å². The van der Waals surface area contributed by atoms with E-state index in [1.165, 1.54) is 39.8 Å². The zero-order chi connectivity index (χ0) is 18.3. The van der Waals surface area contributed by atoms with E-state index in [-0.39, 0.29) is 24.7 Å². The van der Waals surface area contributed by atoms with Gasteiger partial charge in [0.15, 0.2) is 11.5 Å². The third-order valence-electron chi connectivity index (χ3n) is 2.63. The first-order valence-electron chi connectivity index (χ1n) is 6.99. The van der Waals surface area contributed by atoms with Gasteiger partial charge in [0.1, 0.15) is 13.2 Å². The number of ether oxygens (including phenoxy) is 4. The van der Waals surface area contributed by atoms with Crippen LogP contribution in [0, 0.1) is 0 Å². The average molecular weight is 338 g/mol. The predicted molar refractivity (Wildman–Crippen MR) is 80.0 cm³/mol. The second-order valence-electron chi connectivity index (χ2n) is 4.79. The zero-order valence-electron chi connectivity index (χ0n) is 13.8. The maximum atomic E-state index is 11.4. The van der Waals surface area contributed by atoms with Gasteiger partial charge in [-0.15, -0.1) is 0 Å². The quantitative estimate of drug-likeness (QED) is 0.569. The number of hydrogen-bond acceptors (Lipinski definition) is 8. The number of rotatable bonds is 6. The number of carbonyl (C=O) groups excluding carboxylic acids is 4. The Kier molecular flexibility index (Phi) is 6.91. The molecule has 0 atom stereocenters. The number of hydrogen-bond donors (Lipinski definition) is 0. The van der Waals surface area contributed by atoms with E-state index in [4.69, 9.17) is 18.9 Å². The Balaban J connectivity index is 3.34. The molecule has 0 saturated heterocycles. The molecule has 0 heterocycles. The summed E-state index contributed by atoms with van der Waals surface area (Å²) >= 11 is 0. The maximum Gasteiger partial charge on any atom is 0.308 e. The van der Waals surface area contributed by atoms with E-state index in [0.717, 1.165) is 0 Å². The summed E-state index contributed by atoms with van der Waals surface area (Å²) in [4.78, 5) is 44.7. The van der Waals surface area contributed by atoms with Crippen LogP contribution in [0.3, 0.4) is 0 Å². The fraction of sp³-hybridized carbons (Fsp3) is 0.375. The molecule has 0 unspecified atom stereocenters. The van der Waals surface area contributed by atoms with Crippen molar-refractivity contribution >= 4 is 23.9 Å². The molecule has 8 nitrogen and oxygen atoms in total. The van der Waals surface area contributed by atoms with Gasteiger partial charge in [-0.05, 0) is 0 Å². The van der Waals surface area contributed by atoms with Crippen LogP contribution in [0.1, 0.15) is 38.8 Å². The Labute approximate surface area is 138 Å². The topological polar surface area (TPSA) is 105 Å². The highest BCUT2D eigenvalue weighted by atomic mass is 16.6. The monoisotopic (exact) mass is 338 g/mol. The van der Waals surface area contributed by atoms with Crippen LogP contribution in [0.5, 0.6) is 11.5 Å². The van der Waals surface area contributed by atoms with Crippen molar-refractivity contribution in [1.82, 2.24) is 0 Å². The molecule has 1 rings (SSSR count). The summed E-state index contributed by atoms with van der Waals surface area (Å²) in [6, 6.07) is 3.04. The van der Waals surface area contributed by atoms with E-state index in [0.29, 0.717) is 11.1 Å². The van der Waals surface area contributed by atoms with Gasteiger partial charge in [0.25, 0.3) is 0 Å². The predicted octanol–water partition coefficient (Wildman–Crippen LogP) is 1.66. The van der Waals surface area contributed by atoms with Crippen molar-refractivity contribution in [1.29, 1.82) is 0 Å². The van der Waals surface area contributed by atoms with E-state index in [1.54, 1.807) is 0 Å². The summed E-state index contributed by atoms with van der Waals surface area (Å²) < 4.78 is 20.0. The molecule has 0 aliphatic heterocycles. The molecule has 1 aromatic carbocycles. The van der Waals surface area contributed by atoms with Crippen molar-refractivity contribution in [3.63, 3.8) is 0 Å². The third-order valence-corrected chi connectivity index (χ3v) is 2.63. The molecule has 0 N–H and O–H groups in total. The molecule has 0 radical (unpaired) electrons. The van der Waals surface area contributed by atoms with E-state index in [1.807, 2.05) is 0 Å². The molecule has 24 heavy (non-hydrogen) atoms. The highest BCUT2D eigenvalue weighted by molar-refractivity contribution is 5.75. The number of carbonyl (C=O) groups is 4. The summed E-state index contributed by atoms with van der Waals surface area (Å²) in [5, 5.41) is 0. The number of esters is 4. The minimum Gasteiger partial charge on any atom is -0.461 e. The van der Waals surface area contributed by atoms with Crippen LogP contribution in [0.15, 0.2) is 12.1 Å². The molecular weight excluding hydrogens is 320 g/mol.